The van der Waals surface area contributed by atoms with Gasteiger partial charge < -0.3 is 24.1 Å². The summed E-state index contributed by atoms with van der Waals surface area (Å²) in [7, 11) is 4.06. The molecule has 2 heterocycles. The molecule has 0 radical (unpaired) electrons. The number of nitrogens with one attached hydrogen (secondary N) is 2. The smallest absolute Gasteiger partial charge is 0.251 e. The molecule has 3 rings (SSSR count). The number of benzene rings is 1. The van der Waals surface area contributed by atoms with Gasteiger partial charge in [0.25, 0.3) is 5.91 Å². The van der Waals surface area contributed by atoms with Gasteiger partial charge in [-0.15, -0.1) is 0 Å². The lowest BCUT2D eigenvalue weighted by atomic mass is 10.1. The van der Waals surface area contributed by atoms with Crippen LogP contribution in [0.25, 0.3) is 0 Å². The molecule has 2 N–H and O–H groups in total. The van der Waals surface area contributed by atoms with Crippen LogP contribution in [0, 0.1) is 0 Å². The number of amides is 1. The van der Waals surface area contributed by atoms with Gasteiger partial charge in [-0.1, -0.05) is 0 Å². The number of carbonyl (C=O) groups excluding carboxylic acids is 1. The minimum absolute atomic E-state index is 0.0613. The molecule has 0 aliphatic carbocycles. The predicted molar refractivity (Wildman–Crippen MR) is 84.0 cm³/mol. The Hall–Kier alpha value is -2.47. The summed E-state index contributed by atoms with van der Waals surface area (Å²) in [4.78, 5) is 13.6. The fourth-order valence-corrected chi connectivity index (χ4v) is 2.56. The van der Waals surface area contributed by atoms with Gasteiger partial charge in [-0.05, 0) is 30.3 Å². The zero-order valence-corrected chi connectivity index (χ0v) is 13.3. The first-order valence-corrected chi connectivity index (χ1v) is 7.66. The number of likely N-dealkylation sites (N-methyl/N-ethyl adjacent to an activating group) is 1. The van der Waals surface area contributed by atoms with E-state index < -0.39 is 0 Å². The molecule has 0 saturated heterocycles. The molecule has 1 aliphatic heterocycles. The van der Waals surface area contributed by atoms with E-state index >= 15 is 0 Å². The Morgan fingerprint density at radius 3 is 2.70 bits per heavy atom. The van der Waals surface area contributed by atoms with Crippen LogP contribution in [0.1, 0.15) is 22.2 Å². The Morgan fingerprint density at radius 2 is 2.00 bits per heavy atom. The molecule has 0 bridgehead atoms. The minimum Gasteiger partial charge on any atom is -0.486 e. The number of hydrogen-bond acceptors (Lipinski definition) is 4. The summed E-state index contributed by atoms with van der Waals surface area (Å²) in [5.74, 6) is 2.01. The van der Waals surface area contributed by atoms with Crippen LogP contribution in [0.3, 0.4) is 0 Å². The fourth-order valence-electron chi connectivity index (χ4n) is 2.56. The monoisotopic (exact) mass is 317 g/mol. The number of rotatable bonds is 5. The second-order valence-electron chi connectivity index (χ2n) is 5.71. The van der Waals surface area contributed by atoms with Gasteiger partial charge in [0.2, 0.25) is 0 Å². The molecule has 1 amide bonds. The van der Waals surface area contributed by atoms with Crippen molar-refractivity contribution in [2.24, 2.45) is 0 Å². The van der Waals surface area contributed by atoms with Crippen LogP contribution in [-0.4, -0.2) is 39.8 Å². The highest BCUT2D eigenvalue weighted by molar-refractivity contribution is 5.94. The van der Waals surface area contributed by atoms with Gasteiger partial charge in [-0.2, -0.15) is 0 Å². The van der Waals surface area contributed by atoms with Crippen LogP contribution in [0.15, 0.2) is 41.0 Å². The number of furan rings is 1. The topological polar surface area (TPSA) is 65.1 Å². The summed E-state index contributed by atoms with van der Waals surface area (Å²) in [6.45, 7) is 1.53. The lowest BCUT2D eigenvalue weighted by Gasteiger charge is -2.21. The van der Waals surface area contributed by atoms with E-state index in [-0.39, 0.29) is 11.9 Å². The third-order valence-electron chi connectivity index (χ3n) is 3.85. The molecule has 6 nitrogen and oxygen atoms in total. The third kappa shape index (κ3) is 3.48. The maximum absolute atomic E-state index is 12.4. The average molecular weight is 317 g/mol. The molecule has 0 spiro atoms. The van der Waals surface area contributed by atoms with Crippen molar-refractivity contribution in [3.8, 4) is 11.5 Å². The lowest BCUT2D eigenvalue weighted by molar-refractivity contribution is -0.891. The first kappa shape index (κ1) is 15.4. The van der Waals surface area contributed by atoms with E-state index in [1.165, 1.54) is 4.90 Å². The highest BCUT2D eigenvalue weighted by Gasteiger charge is 2.22. The van der Waals surface area contributed by atoms with Crippen molar-refractivity contribution in [2.45, 2.75) is 6.04 Å². The zero-order chi connectivity index (χ0) is 16.2. The predicted octanol–water partition coefficient (Wildman–Crippen LogP) is 0.666. The van der Waals surface area contributed by atoms with Crippen molar-refractivity contribution in [2.75, 3.05) is 33.9 Å². The van der Waals surface area contributed by atoms with Gasteiger partial charge in [-0.3, -0.25) is 4.79 Å². The first-order valence-electron chi connectivity index (χ1n) is 7.66. The zero-order valence-electron chi connectivity index (χ0n) is 13.3. The fraction of sp³-hybridized carbons (Fsp3) is 0.353. The molecule has 0 saturated carbocycles. The molecular formula is C17H21N2O4+. The first-order chi connectivity index (χ1) is 11.1. The summed E-state index contributed by atoms with van der Waals surface area (Å²) in [6, 6.07) is 9.07. The van der Waals surface area contributed by atoms with Crippen LogP contribution in [0.2, 0.25) is 0 Å². The number of hydrogen-bond donors (Lipinski definition) is 2. The van der Waals surface area contributed by atoms with Crippen LogP contribution in [0.4, 0.5) is 0 Å². The van der Waals surface area contributed by atoms with E-state index in [2.05, 4.69) is 5.32 Å². The second kappa shape index (κ2) is 6.75. The maximum atomic E-state index is 12.4. The van der Waals surface area contributed by atoms with Crippen LogP contribution >= 0.6 is 0 Å². The van der Waals surface area contributed by atoms with E-state index in [1.807, 2.05) is 26.2 Å². The van der Waals surface area contributed by atoms with Crippen molar-refractivity contribution in [3.05, 3.63) is 47.9 Å². The van der Waals surface area contributed by atoms with Gasteiger partial charge >= 0.3 is 0 Å². The van der Waals surface area contributed by atoms with Gasteiger partial charge in [-0.25, -0.2) is 0 Å². The Labute approximate surface area is 135 Å². The standard InChI is InChI=1S/C17H20N2O4/c1-19(2)13(14-4-3-7-21-14)11-18-17(20)12-5-6-15-16(10-12)23-9-8-22-15/h3-7,10,13H,8-9,11H2,1-2H3,(H,18,20)/p+1/t13-/m0/s1. The highest BCUT2D eigenvalue weighted by Crippen LogP contribution is 2.30. The van der Waals surface area contributed by atoms with Crippen LogP contribution in [-0.2, 0) is 0 Å². The Balaban J connectivity index is 1.67. The number of fused-ring (bicyclic) bond motifs is 1. The average Bonchev–Trinajstić information content (AvgIpc) is 3.08. The molecule has 0 fully saturated rings. The quantitative estimate of drug-likeness (QED) is 0.851. The molecule has 1 aliphatic rings. The molecular weight excluding hydrogens is 296 g/mol. The van der Waals surface area contributed by atoms with Crippen molar-refractivity contribution in [1.82, 2.24) is 5.32 Å². The van der Waals surface area contributed by atoms with E-state index in [0.29, 0.717) is 36.8 Å². The summed E-state index contributed by atoms with van der Waals surface area (Å²) in [6.07, 6.45) is 1.65. The molecule has 2 aromatic rings. The van der Waals surface area contributed by atoms with E-state index in [4.69, 9.17) is 13.9 Å². The van der Waals surface area contributed by atoms with E-state index in [1.54, 1.807) is 24.5 Å². The summed E-state index contributed by atoms with van der Waals surface area (Å²) >= 11 is 0. The molecule has 122 valence electrons. The normalized spacial score (nSPS) is 14.6. The minimum atomic E-state index is -0.139. The maximum Gasteiger partial charge on any atom is 0.251 e. The summed E-state index contributed by atoms with van der Waals surface area (Å²) in [5, 5.41) is 2.96. The molecule has 6 heteroatoms. The molecule has 0 unspecified atom stereocenters. The van der Waals surface area contributed by atoms with Gasteiger partial charge in [0.1, 0.15) is 13.2 Å². The van der Waals surface area contributed by atoms with Crippen molar-refractivity contribution in [3.63, 3.8) is 0 Å². The number of quaternary nitrogens is 1. The molecule has 23 heavy (non-hydrogen) atoms. The van der Waals surface area contributed by atoms with Gasteiger partial charge in [0.05, 0.1) is 26.9 Å². The van der Waals surface area contributed by atoms with Crippen molar-refractivity contribution in [1.29, 1.82) is 0 Å². The Bertz CT molecular complexity index is 667. The van der Waals surface area contributed by atoms with Gasteiger partial charge in [0.15, 0.2) is 23.3 Å². The number of carbonyl (C=O) groups is 1. The highest BCUT2D eigenvalue weighted by atomic mass is 16.6. The molecule has 1 aromatic carbocycles. The Morgan fingerprint density at radius 1 is 1.22 bits per heavy atom. The van der Waals surface area contributed by atoms with E-state index in [0.717, 1.165) is 5.76 Å². The summed E-state index contributed by atoms with van der Waals surface area (Å²) in [5.41, 5.74) is 0.557. The van der Waals surface area contributed by atoms with Crippen LogP contribution in [0.5, 0.6) is 11.5 Å². The largest absolute Gasteiger partial charge is 0.486 e. The SMILES string of the molecule is C[NH+](C)[C@@H](CNC(=O)c1ccc2c(c1)OCCO2)c1ccco1. The van der Waals surface area contributed by atoms with Crippen molar-refractivity contribution < 1.29 is 23.6 Å². The third-order valence-corrected chi connectivity index (χ3v) is 3.85. The van der Waals surface area contributed by atoms with Crippen LogP contribution < -0.4 is 19.7 Å². The van der Waals surface area contributed by atoms with Gasteiger partial charge in [0, 0.05) is 5.56 Å². The van der Waals surface area contributed by atoms with E-state index in [9.17, 15) is 4.79 Å². The molecule has 1 aromatic heterocycles. The summed E-state index contributed by atoms with van der Waals surface area (Å²) < 4.78 is 16.4. The Kier molecular flexibility index (Phi) is 4.52. The number of ether oxygens (including phenoxy) is 2. The van der Waals surface area contributed by atoms with Crippen molar-refractivity contribution >= 4 is 5.91 Å². The lowest BCUT2D eigenvalue weighted by Crippen LogP contribution is -3.07. The molecule has 1 atom stereocenters. The second-order valence-corrected chi connectivity index (χ2v) is 5.71.